The maximum Gasteiger partial charge on any atom is 0.308 e. The van der Waals surface area contributed by atoms with Crippen LogP contribution in [0.5, 0.6) is 0 Å². The number of esters is 1. The fourth-order valence-electron chi connectivity index (χ4n) is 1.92. The Kier molecular flexibility index (Phi) is 3.12. The molecule has 12 heavy (non-hydrogen) atoms. The van der Waals surface area contributed by atoms with E-state index in [2.05, 4.69) is 13.8 Å². The van der Waals surface area contributed by atoms with Gasteiger partial charge < -0.3 is 4.74 Å². The van der Waals surface area contributed by atoms with Crippen LogP contribution in [-0.2, 0) is 9.53 Å². The van der Waals surface area contributed by atoms with Gasteiger partial charge in [-0.15, -0.1) is 0 Å². The summed E-state index contributed by atoms with van der Waals surface area (Å²) in [6.07, 6.45) is 3.40. The van der Waals surface area contributed by atoms with E-state index in [4.69, 9.17) is 4.74 Å². The molecule has 1 fully saturated rings. The van der Waals surface area contributed by atoms with E-state index in [1.807, 2.05) is 0 Å². The van der Waals surface area contributed by atoms with Crippen molar-refractivity contribution in [2.24, 2.45) is 17.8 Å². The molecule has 0 aliphatic heterocycles. The number of ether oxygens (including phenoxy) is 1. The first-order valence-corrected chi connectivity index (χ1v) is 4.73. The van der Waals surface area contributed by atoms with Gasteiger partial charge in [0, 0.05) is 0 Å². The molecular weight excluding hydrogens is 152 g/mol. The summed E-state index contributed by atoms with van der Waals surface area (Å²) in [6, 6.07) is 0. The maximum atomic E-state index is 11.2. The van der Waals surface area contributed by atoms with Crippen LogP contribution in [0.25, 0.3) is 0 Å². The van der Waals surface area contributed by atoms with Gasteiger partial charge in [-0.25, -0.2) is 0 Å². The van der Waals surface area contributed by atoms with Crippen molar-refractivity contribution in [2.45, 2.75) is 33.1 Å². The van der Waals surface area contributed by atoms with Gasteiger partial charge >= 0.3 is 5.97 Å². The largest absolute Gasteiger partial charge is 0.469 e. The summed E-state index contributed by atoms with van der Waals surface area (Å²) in [5, 5.41) is 0. The Labute approximate surface area is 74.3 Å². The fraction of sp³-hybridized carbons (Fsp3) is 0.900. The molecule has 1 aliphatic rings. The van der Waals surface area contributed by atoms with Crippen LogP contribution in [0.1, 0.15) is 33.1 Å². The second-order valence-corrected chi connectivity index (χ2v) is 4.10. The second-order valence-electron chi connectivity index (χ2n) is 4.10. The van der Waals surface area contributed by atoms with Crippen molar-refractivity contribution in [1.82, 2.24) is 0 Å². The van der Waals surface area contributed by atoms with Gasteiger partial charge in [-0.1, -0.05) is 13.8 Å². The third-order valence-corrected chi connectivity index (χ3v) is 2.70. The lowest BCUT2D eigenvalue weighted by atomic mass is 9.70. The van der Waals surface area contributed by atoms with Gasteiger partial charge in [0.2, 0.25) is 0 Å². The van der Waals surface area contributed by atoms with Crippen molar-refractivity contribution in [3.63, 3.8) is 0 Å². The SMILES string of the molecule is COC(=O)C1CCC1CC(C)C. The Morgan fingerprint density at radius 1 is 1.50 bits per heavy atom. The standard InChI is InChI=1S/C10H18O2/c1-7(2)6-8-4-5-9(8)10(11)12-3/h7-9H,4-6H2,1-3H3. The molecule has 2 nitrogen and oxygen atoms in total. The van der Waals surface area contributed by atoms with E-state index in [0.29, 0.717) is 11.8 Å². The number of carbonyl (C=O) groups is 1. The smallest absolute Gasteiger partial charge is 0.308 e. The van der Waals surface area contributed by atoms with Crippen molar-refractivity contribution >= 4 is 5.97 Å². The van der Waals surface area contributed by atoms with Crippen molar-refractivity contribution < 1.29 is 9.53 Å². The number of hydrogen-bond acceptors (Lipinski definition) is 2. The van der Waals surface area contributed by atoms with E-state index in [1.165, 1.54) is 20.0 Å². The molecule has 70 valence electrons. The molecule has 1 aliphatic carbocycles. The lowest BCUT2D eigenvalue weighted by Crippen LogP contribution is -2.34. The summed E-state index contributed by atoms with van der Waals surface area (Å²) in [6.45, 7) is 4.40. The lowest BCUT2D eigenvalue weighted by molar-refractivity contribution is -0.151. The number of hydrogen-bond donors (Lipinski definition) is 0. The predicted molar refractivity (Wildman–Crippen MR) is 47.7 cm³/mol. The summed E-state index contributed by atoms with van der Waals surface area (Å²) in [4.78, 5) is 11.2. The van der Waals surface area contributed by atoms with Gasteiger partial charge in [0.15, 0.2) is 0 Å². The summed E-state index contributed by atoms with van der Waals surface area (Å²) in [7, 11) is 1.48. The molecule has 0 saturated heterocycles. The lowest BCUT2D eigenvalue weighted by Gasteiger charge is -2.35. The van der Waals surface area contributed by atoms with Crippen LogP contribution >= 0.6 is 0 Å². The van der Waals surface area contributed by atoms with E-state index >= 15 is 0 Å². The molecule has 0 spiro atoms. The number of carbonyl (C=O) groups excluding carboxylic acids is 1. The highest BCUT2D eigenvalue weighted by Gasteiger charge is 2.37. The first kappa shape index (κ1) is 9.56. The summed E-state index contributed by atoms with van der Waals surface area (Å²) in [5.41, 5.74) is 0. The average Bonchev–Trinajstić information content (AvgIpc) is 1.98. The molecule has 0 N–H and O–H groups in total. The third-order valence-electron chi connectivity index (χ3n) is 2.70. The third kappa shape index (κ3) is 1.99. The van der Waals surface area contributed by atoms with Crippen LogP contribution in [0.3, 0.4) is 0 Å². The quantitative estimate of drug-likeness (QED) is 0.607. The van der Waals surface area contributed by atoms with Crippen LogP contribution in [0.2, 0.25) is 0 Å². The molecule has 1 saturated carbocycles. The molecule has 0 amide bonds. The van der Waals surface area contributed by atoms with Crippen LogP contribution in [0.4, 0.5) is 0 Å². The Morgan fingerprint density at radius 2 is 2.17 bits per heavy atom. The normalized spacial score (nSPS) is 28.3. The van der Waals surface area contributed by atoms with Crippen molar-refractivity contribution in [3.8, 4) is 0 Å². The van der Waals surface area contributed by atoms with Gasteiger partial charge in [-0.3, -0.25) is 4.79 Å². The Balaban J connectivity index is 2.33. The van der Waals surface area contributed by atoms with Crippen molar-refractivity contribution in [1.29, 1.82) is 0 Å². The highest BCUT2D eigenvalue weighted by Crippen LogP contribution is 2.39. The monoisotopic (exact) mass is 170 g/mol. The van der Waals surface area contributed by atoms with Gasteiger partial charge in [0.05, 0.1) is 13.0 Å². The predicted octanol–water partition coefficient (Wildman–Crippen LogP) is 2.23. The first-order chi connectivity index (χ1) is 5.65. The van der Waals surface area contributed by atoms with Crippen LogP contribution in [0, 0.1) is 17.8 Å². The van der Waals surface area contributed by atoms with Crippen LogP contribution in [0.15, 0.2) is 0 Å². The second kappa shape index (κ2) is 3.92. The molecule has 0 aromatic heterocycles. The molecule has 2 atom stereocenters. The summed E-state index contributed by atoms with van der Waals surface area (Å²) in [5.74, 6) is 1.49. The molecular formula is C10H18O2. The highest BCUT2D eigenvalue weighted by molar-refractivity contribution is 5.73. The molecule has 0 bridgehead atoms. The molecule has 2 unspecified atom stereocenters. The van der Waals surface area contributed by atoms with E-state index in [-0.39, 0.29) is 11.9 Å². The molecule has 2 heteroatoms. The highest BCUT2D eigenvalue weighted by atomic mass is 16.5. The minimum Gasteiger partial charge on any atom is -0.469 e. The Morgan fingerprint density at radius 3 is 2.50 bits per heavy atom. The maximum absolute atomic E-state index is 11.2. The van der Waals surface area contributed by atoms with Crippen LogP contribution in [-0.4, -0.2) is 13.1 Å². The first-order valence-electron chi connectivity index (χ1n) is 4.73. The van der Waals surface area contributed by atoms with Crippen molar-refractivity contribution in [2.75, 3.05) is 7.11 Å². The van der Waals surface area contributed by atoms with E-state index in [1.54, 1.807) is 0 Å². The zero-order valence-electron chi connectivity index (χ0n) is 8.17. The Hall–Kier alpha value is -0.530. The van der Waals surface area contributed by atoms with Gasteiger partial charge in [0.25, 0.3) is 0 Å². The van der Waals surface area contributed by atoms with Crippen LogP contribution < -0.4 is 0 Å². The average molecular weight is 170 g/mol. The topological polar surface area (TPSA) is 26.3 Å². The van der Waals surface area contributed by atoms with Gasteiger partial charge in [-0.2, -0.15) is 0 Å². The van der Waals surface area contributed by atoms with Gasteiger partial charge in [-0.05, 0) is 31.1 Å². The molecule has 0 aromatic carbocycles. The van der Waals surface area contributed by atoms with Gasteiger partial charge in [0.1, 0.15) is 0 Å². The number of methoxy groups -OCH3 is 1. The summed E-state index contributed by atoms with van der Waals surface area (Å²) < 4.78 is 4.73. The Bertz CT molecular complexity index is 163. The van der Waals surface area contributed by atoms with E-state index in [9.17, 15) is 4.79 Å². The minimum atomic E-state index is -0.00750. The summed E-state index contributed by atoms with van der Waals surface area (Å²) >= 11 is 0. The molecule has 0 radical (unpaired) electrons. The zero-order valence-corrected chi connectivity index (χ0v) is 8.17. The van der Waals surface area contributed by atoms with E-state index in [0.717, 1.165) is 6.42 Å². The molecule has 0 heterocycles. The minimum absolute atomic E-state index is 0.00750. The van der Waals surface area contributed by atoms with Crippen molar-refractivity contribution in [3.05, 3.63) is 0 Å². The molecule has 1 rings (SSSR count). The number of rotatable bonds is 3. The zero-order chi connectivity index (χ0) is 9.14. The fourth-order valence-corrected chi connectivity index (χ4v) is 1.92. The van der Waals surface area contributed by atoms with E-state index < -0.39 is 0 Å². The molecule has 0 aromatic rings.